The highest BCUT2D eigenvalue weighted by molar-refractivity contribution is 6.05. The second-order valence-electron chi connectivity index (χ2n) is 6.98. The highest BCUT2D eigenvalue weighted by Gasteiger charge is 2.24. The molecule has 0 N–H and O–H groups in total. The number of carbonyl (C=O) groups excluding carboxylic acids is 1. The van der Waals surface area contributed by atoms with Crippen LogP contribution in [-0.4, -0.2) is 41.0 Å². The molecular weight excluding hydrogens is 350 g/mol. The van der Waals surface area contributed by atoms with E-state index in [2.05, 4.69) is 21.0 Å². The molecule has 1 amide bonds. The zero-order chi connectivity index (χ0) is 19.3. The maximum Gasteiger partial charge on any atom is 0.277 e. The number of pyridine rings is 1. The third kappa shape index (κ3) is 3.86. The van der Waals surface area contributed by atoms with E-state index in [0.29, 0.717) is 12.2 Å². The lowest BCUT2D eigenvalue weighted by Crippen LogP contribution is -2.36. The maximum absolute atomic E-state index is 13.1. The lowest BCUT2D eigenvalue weighted by Gasteiger charge is -2.29. The number of carbonyl (C=O) groups is 1. The van der Waals surface area contributed by atoms with Crippen LogP contribution >= 0.6 is 0 Å². The molecule has 2 aromatic heterocycles. The van der Waals surface area contributed by atoms with Crippen LogP contribution in [0, 0.1) is 0 Å². The minimum Gasteiger partial charge on any atom is -0.359 e. The quantitative estimate of drug-likeness (QED) is 0.688. The number of hydrogen-bond acceptors (Lipinski definition) is 5. The summed E-state index contributed by atoms with van der Waals surface area (Å²) in [7, 11) is 1.98. The van der Waals surface area contributed by atoms with E-state index in [4.69, 9.17) is 0 Å². The van der Waals surface area contributed by atoms with E-state index in [1.54, 1.807) is 18.5 Å². The molecule has 0 spiro atoms. The van der Waals surface area contributed by atoms with Crippen molar-refractivity contribution in [2.75, 3.05) is 29.9 Å². The fraction of sp³-hybridized carbons (Fsp3) is 0.273. The Kier molecular flexibility index (Phi) is 5.28. The Morgan fingerprint density at radius 1 is 1.14 bits per heavy atom. The molecule has 0 bridgehead atoms. The molecule has 6 nitrogen and oxygen atoms in total. The van der Waals surface area contributed by atoms with Crippen LogP contribution < -0.4 is 9.80 Å². The van der Waals surface area contributed by atoms with Crippen LogP contribution in [-0.2, 0) is 12.8 Å². The normalized spacial score (nSPS) is 13.1. The molecule has 0 saturated heterocycles. The Hall–Kier alpha value is -3.28. The van der Waals surface area contributed by atoms with Gasteiger partial charge in [0.15, 0.2) is 0 Å². The zero-order valence-corrected chi connectivity index (χ0v) is 16.0. The molecule has 3 aromatic rings. The van der Waals surface area contributed by atoms with Crippen molar-refractivity contribution in [1.82, 2.24) is 15.0 Å². The van der Waals surface area contributed by atoms with Gasteiger partial charge in [-0.1, -0.05) is 18.2 Å². The van der Waals surface area contributed by atoms with Gasteiger partial charge in [0.2, 0.25) is 0 Å². The van der Waals surface area contributed by atoms with Gasteiger partial charge in [-0.05, 0) is 48.6 Å². The Morgan fingerprint density at radius 2 is 1.96 bits per heavy atom. The van der Waals surface area contributed by atoms with Crippen molar-refractivity contribution in [2.24, 2.45) is 0 Å². The first kappa shape index (κ1) is 18.1. The van der Waals surface area contributed by atoms with Crippen LogP contribution in [0.2, 0.25) is 0 Å². The lowest BCUT2D eigenvalue weighted by atomic mass is 10.0. The first-order valence-electron chi connectivity index (χ1n) is 9.54. The van der Waals surface area contributed by atoms with Crippen LogP contribution in [0.3, 0.4) is 0 Å². The van der Waals surface area contributed by atoms with Gasteiger partial charge in [0.1, 0.15) is 17.8 Å². The molecule has 28 heavy (non-hydrogen) atoms. The van der Waals surface area contributed by atoms with Gasteiger partial charge < -0.3 is 9.80 Å². The summed E-state index contributed by atoms with van der Waals surface area (Å²) in [5.74, 6) is 0.677. The largest absolute Gasteiger partial charge is 0.359 e. The van der Waals surface area contributed by atoms with E-state index in [-0.39, 0.29) is 5.91 Å². The first-order valence-corrected chi connectivity index (χ1v) is 9.54. The number of para-hydroxylation sites is 1. The van der Waals surface area contributed by atoms with Crippen molar-refractivity contribution in [2.45, 2.75) is 19.3 Å². The summed E-state index contributed by atoms with van der Waals surface area (Å²) in [4.78, 5) is 29.7. The Morgan fingerprint density at radius 3 is 2.82 bits per heavy atom. The summed E-state index contributed by atoms with van der Waals surface area (Å²) < 4.78 is 0. The highest BCUT2D eigenvalue weighted by atomic mass is 16.2. The van der Waals surface area contributed by atoms with Gasteiger partial charge in [-0.25, -0.2) is 9.97 Å². The topological polar surface area (TPSA) is 62.2 Å². The monoisotopic (exact) mass is 373 g/mol. The Bertz CT molecular complexity index is 960. The highest BCUT2D eigenvalue weighted by Crippen LogP contribution is 2.28. The number of benzene rings is 1. The fourth-order valence-corrected chi connectivity index (χ4v) is 3.52. The van der Waals surface area contributed by atoms with Crippen molar-refractivity contribution in [3.8, 4) is 0 Å². The predicted octanol–water partition coefficient (Wildman–Crippen LogP) is 3.14. The molecule has 4 rings (SSSR count). The first-order chi connectivity index (χ1) is 13.7. The van der Waals surface area contributed by atoms with E-state index in [1.165, 1.54) is 17.5 Å². The average Bonchev–Trinajstić information content (AvgIpc) is 2.77. The lowest BCUT2D eigenvalue weighted by molar-refractivity contribution is 0.0980. The molecule has 0 atom stereocenters. The second-order valence-corrected chi connectivity index (χ2v) is 6.98. The predicted molar refractivity (Wildman–Crippen MR) is 110 cm³/mol. The summed E-state index contributed by atoms with van der Waals surface area (Å²) in [5.41, 5.74) is 3.85. The number of hydrogen-bond donors (Lipinski definition) is 0. The molecule has 0 saturated carbocycles. The fourth-order valence-electron chi connectivity index (χ4n) is 3.52. The molecule has 1 aromatic carbocycles. The number of likely N-dealkylation sites (N-methyl/N-ethyl adjacent to an activating group) is 1. The second kappa shape index (κ2) is 8.17. The van der Waals surface area contributed by atoms with Crippen LogP contribution in [0.5, 0.6) is 0 Å². The number of aryl methyl sites for hydroxylation is 1. The third-order valence-electron chi connectivity index (χ3n) is 5.10. The molecule has 0 radical (unpaired) electrons. The smallest absolute Gasteiger partial charge is 0.277 e. The van der Waals surface area contributed by atoms with Crippen LogP contribution in [0.4, 0.5) is 11.5 Å². The zero-order valence-electron chi connectivity index (χ0n) is 16.0. The molecule has 142 valence electrons. The van der Waals surface area contributed by atoms with Gasteiger partial charge in [-0.15, -0.1) is 0 Å². The van der Waals surface area contributed by atoms with Gasteiger partial charge in [0.05, 0.1) is 0 Å². The van der Waals surface area contributed by atoms with E-state index in [9.17, 15) is 4.79 Å². The standard InChI is InChI=1S/C22H23N5O/c1-26(14-10-17-8-11-23-12-9-17)21-15-19(24-16-25-21)22(28)27-13-4-6-18-5-2-3-7-20(18)27/h2-3,5,7-9,11-12,15-16H,4,6,10,13-14H2,1H3. The number of anilines is 2. The number of nitrogens with zero attached hydrogens (tertiary/aromatic N) is 5. The summed E-state index contributed by atoms with van der Waals surface area (Å²) in [6.45, 7) is 1.51. The van der Waals surface area contributed by atoms with Crippen LogP contribution in [0.25, 0.3) is 0 Å². The minimum atomic E-state index is -0.0710. The van der Waals surface area contributed by atoms with E-state index < -0.39 is 0 Å². The van der Waals surface area contributed by atoms with E-state index in [0.717, 1.165) is 37.3 Å². The van der Waals surface area contributed by atoms with E-state index >= 15 is 0 Å². The molecular formula is C22H23N5O. The molecule has 0 unspecified atom stereocenters. The minimum absolute atomic E-state index is 0.0710. The number of fused-ring (bicyclic) bond motifs is 1. The van der Waals surface area contributed by atoms with Crippen molar-refractivity contribution in [3.05, 3.63) is 78.0 Å². The average molecular weight is 373 g/mol. The van der Waals surface area contributed by atoms with Gasteiger partial charge in [0.25, 0.3) is 5.91 Å². The molecule has 1 aliphatic heterocycles. The van der Waals surface area contributed by atoms with Gasteiger partial charge in [-0.3, -0.25) is 9.78 Å². The summed E-state index contributed by atoms with van der Waals surface area (Å²) in [5, 5.41) is 0. The van der Waals surface area contributed by atoms with Crippen molar-refractivity contribution < 1.29 is 4.79 Å². The number of aromatic nitrogens is 3. The Labute approximate surface area is 164 Å². The number of amides is 1. The van der Waals surface area contributed by atoms with Gasteiger partial charge in [-0.2, -0.15) is 0 Å². The van der Waals surface area contributed by atoms with Crippen molar-refractivity contribution >= 4 is 17.4 Å². The molecule has 6 heteroatoms. The Balaban J connectivity index is 1.50. The molecule has 0 fully saturated rings. The van der Waals surface area contributed by atoms with Crippen LogP contribution in [0.15, 0.2) is 61.2 Å². The SMILES string of the molecule is CN(CCc1ccncc1)c1cc(C(=O)N2CCCc3ccccc32)ncn1. The summed E-state index contributed by atoms with van der Waals surface area (Å²) >= 11 is 0. The molecule has 1 aliphatic rings. The van der Waals surface area contributed by atoms with Crippen molar-refractivity contribution in [1.29, 1.82) is 0 Å². The number of rotatable bonds is 5. The van der Waals surface area contributed by atoms with Gasteiger partial charge >= 0.3 is 0 Å². The van der Waals surface area contributed by atoms with Gasteiger partial charge in [0, 0.05) is 44.3 Å². The summed E-state index contributed by atoms with van der Waals surface area (Å²) in [6.07, 6.45) is 7.92. The molecule has 0 aliphatic carbocycles. The summed E-state index contributed by atoms with van der Waals surface area (Å²) in [6, 6.07) is 13.9. The van der Waals surface area contributed by atoms with Crippen molar-refractivity contribution in [3.63, 3.8) is 0 Å². The maximum atomic E-state index is 13.1. The third-order valence-corrected chi connectivity index (χ3v) is 5.10. The van der Waals surface area contributed by atoms with Crippen LogP contribution in [0.1, 0.15) is 28.0 Å². The van der Waals surface area contributed by atoms with E-state index in [1.807, 2.05) is 47.2 Å². The molecule has 3 heterocycles.